The van der Waals surface area contributed by atoms with Crippen molar-refractivity contribution in [2.45, 2.75) is 335 Å². The predicted molar refractivity (Wildman–Crippen MR) is 316 cm³/mol. The molecule has 0 bridgehead atoms. The summed E-state index contributed by atoms with van der Waals surface area (Å²) < 4.78 is 16.9. The van der Waals surface area contributed by atoms with Crippen LogP contribution in [-0.4, -0.2) is 37.2 Å². The second kappa shape index (κ2) is 61.7. The number of ether oxygens (including phenoxy) is 3. The number of hydrogen-bond acceptors (Lipinski definition) is 6. The first kappa shape index (κ1) is 70.1. The van der Waals surface area contributed by atoms with Crippen molar-refractivity contribution in [3.05, 3.63) is 60.8 Å². The standard InChI is InChI=1S/C67H120O6/c1-4-7-10-13-16-19-22-25-28-31-33-35-36-39-42-45-48-51-54-57-60-66(69)72-63-64(62-71-65(68)59-56-53-50-47-44-41-38-30-27-24-21-18-15-12-9-6-3)73-67(70)61-58-55-52-49-46-43-40-37-34-32-29-26-23-20-17-14-11-8-5-2/h8,11,17,20,26,29,34,37,43,46,64H,4-7,9-10,12-16,18-19,21-25,27-28,30-33,35-36,38-42,44-45,47-63H2,1-3H3/b11-8-,20-17-,29-26-,37-34-,46-43-. The van der Waals surface area contributed by atoms with Crippen LogP contribution in [0.4, 0.5) is 0 Å². The average molecular weight is 1020 g/mol. The Bertz CT molecular complexity index is 1310. The van der Waals surface area contributed by atoms with Gasteiger partial charge in [-0.3, -0.25) is 14.4 Å². The van der Waals surface area contributed by atoms with E-state index in [1.165, 1.54) is 193 Å². The predicted octanol–water partition coefficient (Wildman–Crippen LogP) is 21.6. The molecule has 0 amide bonds. The minimum Gasteiger partial charge on any atom is -0.462 e. The molecular formula is C67H120O6. The number of carbonyl (C=O) groups is 3. The highest BCUT2D eigenvalue weighted by Gasteiger charge is 2.19. The molecule has 0 aliphatic heterocycles. The Hall–Kier alpha value is -2.89. The average Bonchev–Trinajstić information content (AvgIpc) is 3.39. The van der Waals surface area contributed by atoms with Crippen molar-refractivity contribution >= 4 is 17.9 Å². The van der Waals surface area contributed by atoms with Crippen LogP contribution >= 0.6 is 0 Å². The molecule has 0 aliphatic rings. The lowest BCUT2D eigenvalue weighted by Gasteiger charge is -2.18. The van der Waals surface area contributed by atoms with Crippen molar-refractivity contribution in [1.82, 2.24) is 0 Å². The number of esters is 3. The van der Waals surface area contributed by atoms with Gasteiger partial charge in [-0.25, -0.2) is 0 Å². The van der Waals surface area contributed by atoms with Gasteiger partial charge in [0.25, 0.3) is 0 Å². The van der Waals surface area contributed by atoms with Gasteiger partial charge in [0.05, 0.1) is 0 Å². The van der Waals surface area contributed by atoms with Crippen LogP contribution in [0.5, 0.6) is 0 Å². The zero-order chi connectivity index (χ0) is 52.9. The molecule has 0 aromatic carbocycles. The Kier molecular flexibility index (Phi) is 59.2. The minimum atomic E-state index is -0.789. The molecule has 73 heavy (non-hydrogen) atoms. The summed E-state index contributed by atoms with van der Waals surface area (Å²) >= 11 is 0. The molecule has 6 heteroatoms. The summed E-state index contributed by atoms with van der Waals surface area (Å²) in [5.74, 6) is -0.894. The molecule has 0 aliphatic carbocycles. The van der Waals surface area contributed by atoms with Crippen LogP contribution < -0.4 is 0 Å². The van der Waals surface area contributed by atoms with Crippen molar-refractivity contribution in [1.29, 1.82) is 0 Å². The molecule has 1 unspecified atom stereocenters. The van der Waals surface area contributed by atoms with Crippen molar-refractivity contribution in [3.63, 3.8) is 0 Å². The van der Waals surface area contributed by atoms with E-state index < -0.39 is 6.10 Å². The fourth-order valence-electron chi connectivity index (χ4n) is 9.30. The molecule has 0 spiro atoms. The SMILES string of the molecule is CC/C=C\C/C=C\C/C=C\C/C=C\C/C=C\CCCCCC(=O)OC(COC(=O)CCCCCCCCCCCCCCCCCC)COC(=O)CCCCCCCCCCCCCCCCCCCCCC. The van der Waals surface area contributed by atoms with E-state index in [4.69, 9.17) is 14.2 Å². The number of hydrogen-bond donors (Lipinski definition) is 0. The number of carbonyl (C=O) groups excluding carboxylic acids is 3. The monoisotopic (exact) mass is 1020 g/mol. The zero-order valence-corrected chi connectivity index (χ0v) is 48.7. The molecule has 0 radical (unpaired) electrons. The van der Waals surface area contributed by atoms with Crippen LogP contribution in [-0.2, 0) is 28.6 Å². The Morgan fingerprint density at radius 1 is 0.288 bits per heavy atom. The lowest BCUT2D eigenvalue weighted by atomic mass is 10.0. The molecule has 0 rings (SSSR count). The molecule has 424 valence electrons. The maximum atomic E-state index is 12.9. The van der Waals surface area contributed by atoms with Crippen LogP contribution in [0.1, 0.15) is 329 Å². The third-order valence-corrected chi connectivity index (χ3v) is 14.0. The van der Waals surface area contributed by atoms with Crippen LogP contribution in [0, 0.1) is 0 Å². The first-order valence-corrected chi connectivity index (χ1v) is 31.8. The van der Waals surface area contributed by atoms with Crippen molar-refractivity contribution in [2.24, 2.45) is 0 Å². The lowest BCUT2D eigenvalue weighted by Crippen LogP contribution is -2.30. The highest BCUT2D eigenvalue weighted by Crippen LogP contribution is 2.17. The van der Waals surface area contributed by atoms with E-state index in [2.05, 4.69) is 81.5 Å². The van der Waals surface area contributed by atoms with E-state index in [-0.39, 0.29) is 31.1 Å². The number of rotatable bonds is 58. The summed E-state index contributed by atoms with van der Waals surface area (Å²) in [6.07, 6.45) is 77.9. The molecule has 0 saturated carbocycles. The van der Waals surface area contributed by atoms with Crippen LogP contribution in [0.25, 0.3) is 0 Å². The van der Waals surface area contributed by atoms with Crippen molar-refractivity contribution in [2.75, 3.05) is 13.2 Å². The van der Waals surface area contributed by atoms with Crippen LogP contribution in [0.3, 0.4) is 0 Å². The topological polar surface area (TPSA) is 78.9 Å². The third-order valence-electron chi connectivity index (χ3n) is 14.0. The zero-order valence-electron chi connectivity index (χ0n) is 48.7. The van der Waals surface area contributed by atoms with Gasteiger partial charge in [-0.05, 0) is 64.2 Å². The molecule has 0 fully saturated rings. The number of allylic oxidation sites excluding steroid dienone is 10. The van der Waals surface area contributed by atoms with Gasteiger partial charge in [-0.1, -0.05) is 306 Å². The molecule has 0 saturated heterocycles. The molecule has 6 nitrogen and oxygen atoms in total. The first-order chi connectivity index (χ1) is 36.0. The van der Waals surface area contributed by atoms with Crippen LogP contribution in [0.15, 0.2) is 60.8 Å². The van der Waals surface area contributed by atoms with Crippen molar-refractivity contribution in [3.8, 4) is 0 Å². The Morgan fingerprint density at radius 3 is 0.836 bits per heavy atom. The van der Waals surface area contributed by atoms with Gasteiger partial charge < -0.3 is 14.2 Å². The number of unbranched alkanes of at least 4 members (excludes halogenated alkanes) is 37. The quantitative estimate of drug-likeness (QED) is 0.0261. The second-order valence-electron chi connectivity index (χ2n) is 21.3. The van der Waals surface area contributed by atoms with E-state index >= 15 is 0 Å². The van der Waals surface area contributed by atoms with Gasteiger partial charge in [-0.15, -0.1) is 0 Å². The molecular weight excluding hydrogens is 901 g/mol. The van der Waals surface area contributed by atoms with Gasteiger partial charge in [0, 0.05) is 19.3 Å². The summed E-state index contributed by atoms with van der Waals surface area (Å²) in [6, 6.07) is 0. The van der Waals surface area contributed by atoms with E-state index in [0.29, 0.717) is 19.3 Å². The second-order valence-corrected chi connectivity index (χ2v) is 21.3. The van der Waals surface area contributed by atoms with E-state index in [0.717, 1.165) is 96.3 Å². The van der Waals surface area contributed by atoms with Gasteiger partial charge >= 0.3 is 17.9 Å². The van der Waals surface area contributed by atoms with Gasteiger partial charge in [0.1, 0.15) is 13.2 Å². The summed E-state index contributed by atoms with van der Waals surface area (Å²) in [4.78, 5) is 38.3. The summed E-state index contributed by atoms with van der Waals surface area (Å²) in [7, 11) is 0. The van der Waals surface area contributed by atoms with Crippen molar-refractivity contribution < 1.29 is 28.6 Å². The Morgan fingerprint density at radius 2 is 0.534 bits per heavy atom. The molecule has 0 aromatic heterocycles. The third kappa shape index (κ3) is 59.9. The normalized spacial score (nSPS) is 12.4. The Balaban J connectivity index is 4.38. The maximum absolute atomic E-state index is 12.9. The highest BCUT2D eigenvalue weighted by atomic mass is 16.6. The smallest absolute Gasteiger partial charge is 0.306 e. The summed E-state index contributed by atoms with van der Waals surface area (Å²) in [6.45, 7) is 6.56. The van der Waals surface area contributed by atoms with Gasteiger partial charge in [-0.2, -0.15) is 0 Å². The lowest BCUT2D eigenvalue weighted by molar-refractivity contribution is -0.167. The van der Waals surface area contributed by atoms with Gasteiger partial charge in [0.2, 0.25) is 0 Å². The van der Waals surface area contributed by atoms with Gasteiger partial charge in [0.15, 0.2) is 6.10 Å². The fourth-order valence-corrected chi connectivity index (χ4v) is 9.30. The summed E-state index contributed by atoms with van der Waals surface area (Å²) in [5, 5.41) is 0. The first-order valence-electron chi connectivity index (χ1n) is 31.8. The van der Waals surface area contributed by atoms with E-state index in [1.807, 2.05) is 0 Å². The van der Waals surface area contributed by atoms with E-state index in [9.17, 15) is 14.4 Å². The minimum absolute atomic E-state index is 0.0832. The summed E-state index contributed by atoms with van der Waals surface area (Å²) in [5.41, 5.74) is 0. The fraction of sp³-hybridized carbons (Fsp3) is 0.806. The van der Waals surface area contributed by atoms with E-state index in [1.54, 1.807) is 0 Å². The molecule has 0 heterocycles. The van der Waals surface area contributed by atoms with Crippen LogP contribution in [0.2, 0.25) is 0 Å². The molecule has 1 atom stereocenters. The largest absolute Gasteiger partial charge is 0.462 e. The highest BCUT2D eigenvalue weighted by molar-refractivity contribution is 5.71. The maximum Gasteiger partial charge on any atom is 0.306 e. The molecule has 0 aromatic rings. The molecule has 0 N–H and O–H groups in total. The Labute approximate surface area is 453 Å².